The largest absolute Gasteiger partial charge is 0.472 e. The van der Waals surface area contributed by atoms with Crippen LogP contribution in [0.25, 0.3) is 0 Å². The van der Waals surface area contributed by atoms with E-state index in [0.29, 0.717) is 6.42 Å². The Morgan fingerprint density at radius 1 is 1.25 bits per heavy atom. The van der Waals surface area contributed by atoms with E-state index >= 15 is 0 Å². The molecule has 0 saturated heterocycles. The third-order valence-electron chi connectivity index (χ3n) is 3.55. The number of rotatable bonds is 4. The van der Waals surface area contributed by atoms with Crippen LogP contribution < -0.4 is 0 Å². The van der Waals surface area contributed by atoms with Crippen molar-refractivity contribution in [2.45, 2.75) is 50.7 Å². The molecule has 1 aliphatic carbocycles. The monoisotopic (exact) mass is 224 g/mol. The molecule has 2 N–H and O–H groups in total. The van der Waals surface area contributed by atoms with Crippen LogP contribution in [-0.4, -0.2) is 22.4 Å². The van der Waals surface area contributed by atoms with E-state index in [1.54, 1.807) is 12.5 Å². The van der Waals surface area contributed by atoms with E-state index in [2.05, 4.69) is 0 Å². The Balaban J connectivity index is 1.85. The normalized spacial score (nSPS) is 21.9. The average Bonchev–Trinajstić information content (AvgIpc) is 2.82. The molecule has 1 aromatic heterocycles. The minimum atomic E-state index is -0.666. The quantitative estimate of drug-likeness (QED) is 0.823. The molecule has 0 amide bonds. The SMILES string of the molecule is OC(Cc1ccoc1)C(O)C1CCCCC1. The highest BCUT2D eigenvalue weighted by Gasteiger charge is 2.27. The van der Waals surface area contributed by atoms with E-state index in [4.69, 9.17) is 4.42 Å². The van der Waals surface area contributed by atoms with Gasteiger partial charge in [-0.25, -0.2) is 0 Å². The Kier molecular flexibility index (Phi) is 4.02. The lowest BCUT2D eigenvalue weighted by molar-refractivity contribution is -0.0264. The molecule has 0 aliphatic heterocycles. The first-order valence-corrected chi connectivity index (χ1v) is 6.14. The number of aliphatic hydroxyl groups is 2. The van der Waals surface area contributed by atoms with Crippen molar-refractivity contribution in [3.8, 4) is 0 Å². The zero-order chi connectivity index (χ0) is 11.4. The summed E-state index contributed by atoms with van der Waals surface area (Å²) in [6.45, 7) is 0. The summed E-state index contributed by atoms with van der Waals surface area (Å²) in [6.07, 6.45) is 8.16. The van der Waals surface area contributed by atoms with Crippen molar-refractivity contribution in [2.75, 3.05) is 0 Å². The van der Waals surface area contributed by atoms with E-state index in [-0.39, 0.29) is 5.92 Å². The van der Waals surface area contributed by atoms with E-state index in [1.807, 2.05) is 6.07 Å². The molecule has 16 heavy (non-hydrogen) atoms. The van der Waals surface area contributed by atoms with E-state index in [9.17, 15) is 10.2 Å². The first-order chi connectivity index (χ1) is 7.77. The summed E-state index contributed by atoms with van der Waals surface area (Å²) in [5.74, 6) is 0.274. The average molecular weight is 224 g/mol. The smallest absolute Gasteiger partial charge is 0.0935 e. The molecule has 0 spiro atoms. The molecule has 3 nitrogen and oxygen atoms in total. The van der Waals surface area contributed by atoms with Gasteiger partial charge in [0.2, 0.25) is 0 Å². The van der Waals surface area contributed by atoms with Gasteiger partial charge < -0.3 is 14.6 Å². The Morgan fingerprint density at radius 3 is 2.62 bits per heavy atom. The Hall–Kier alpha value is -0.800. The lowest BCUT2D eigenvalue weighted by Gasteiger charge is -2.29. The predicted molar refractivity (Wildman–Crippen MR) is 61.0 cm³/mol. The molecule has 1 fully saturated rings. The Labute approximate surface area is 96.1 Å². The second-order valence-electron chi connectivity index (χ2n) is 4.79. The minimum Gasteiger partial charge on any atom is -0.472 e. The molecule has 1 aliphatic rings. The number of aliphatic hydroxyl groups excluding tert-OH is 2. The van der Waals surface area contributed by atoms with E-state index < -0.39 is 12.2 Å². The van der Waals surface area contributed by atoms with Gasteiger partial charge in [-0.2, -0.15) is 0 Å². The Bertz CT molecular complexity index is 288. The minimum absolute atomic E-state index is 0.274. The molecular formula is C13H20O3. The molecule has 0 aromatic carbocycles. The van der Waals surface area contributed by atoms with Crippen LogP contribution in [-0.2, 0) is 6.42 Å². The van der Waals surface area contributed by atoms with Crippen molar-refractivity contribution in [1.82, 2.24) is 0 Å². The van der Waals surface area contributed by atoms with Gasteiger partial charge in [0.1, 0.15) is 0 Å². The van der Waals surface area contributed by atoms with Crippen LogP contribution in [0.2, 0.25) is 0 Å². The lowest BCUT2D eigenvalue weighted by atomic mass is 9.82. The maximum absolute atomic E-state index is 10.1. The van der Waals surface area contributed by atoms with Crippen LogP contribution >= 0.6 is 0 Å². The van der Waals surface area contributed by atoms with Gasteiger partial charge in [-0.15, -0.1) is 0 Å². The van der Waals surface area contributed by atoms with Gasteiger partial charge in [-0.1, -0.05) is 19.3 Å². The van der Waals surface area contributed by atoms with Gasteiger partial charge in [0.05, 0.1) is 24.7 Å². The van der Waals surface area contributed by atoms with Gasteiger partial charge >= 0.3 is 0 Å². The molecule has 2 atom stereocenters. The van der Waals surface area contributed by atoms with Crippen molar-refractivity contribution >= 4 is 0 Å². The number of hydrogen-bond acceptors (Lipinski definition) is 3. The van der Waals surface area contributed by atoms with Crippen molar-refractivity contribution in [2.24, 2.45) is 5.92 Å². The van der Waals surface area contributed by atoms with E-state index in [0.717, 1.165) is 18.4 Å². The first-order valence-electron chi connectivity index (χ1n) is 6.14. The first kappa shape index (κ1) is 11.7. The zero-order valence-corrected chi connectivity index (χ0v) is 9.51. The Morgan fingerprint density at radius 2 is 2.00 bits per heavy atom. The van der Waals surface area contributed by atoms with Crippen LogP contribution in [0.5, 0.6) is 0 Å². The van der Waals surface area contributed by atoms with Crippen LogP contribution in [0, 0.1) is 5.92 Å². The summed E-state index contributed by atoms with van der Waals surface area (Å²) in [6, 6.07) is 1.83. The van der Waals surface area contributed by atoms with Crippen molar-refractivity contribution in [3.05, 3.63) is 24.2 Å². The number of hydrogen-bond donors (Lipinski definition) is 2. The molecule has 0 bridgehead atoms. The standard InChI is InChI=1S/C13H20O3/c14-12(8-10-6-7-16-9-10)13(15)11-4-2-1-3-5-11/h6-7,9,11-15H,1-5,8H2. The molecule has 2 rings (SSSR count). The molecule has 1 heterocycles. The van der Waals surface area contributed by atoms with Gasteiger partial charge in [0.15, 0.2) is 0 Å². The van der Waals surface area contributed by atoms with E-state index in [1.165, 1.54) is 19.3 Å². The number of furan rings is 1. The maximum Gasteiger partial charge on any atom is 0.0935 e. The summed E-state index contributed by atoms with van der Waals surface area (Å²) in [5.41, 5.74) is 0.947. The van der Waals surface area contributed by atoms with Crippen molar-refractivity contribution < 1.29 is 14.6 Å². The molecule has 2 unspecified atom stereocenters. The van der Waals surface area contributed by atoms with Crippen LogP contribution in [0.4, 0.5) is 0 Å². The van der Waals surface area contributed by atoms with Gasteiger partial charge in [0.25, 0.3) is 0 Å². The summed E-state index contributed by atoms with van der Waals surface area (Å²) < 4.78 is 4.95. The summed E-state index contributed by atoms with van der Waals surface area (Å²) in [5, 5.41) is 20.0. The topological polar surface area (TPSA) is 53.6 Å². The maximum atomic E-state index is 10.1. The summed E-state index contributed by atoms with van der Waals surface area (Å²) >= 11 is 0. The molecule has 1 aromatic rings. The fraction of sp³-hybridized carbons (Fsp3) is 0.692. The van der Waals surface area contributed by atoms with Gasteiger partial charge in [-0.3, -0.25) is 0 Å². The molecule has 1 saturated carbocycles. The molecular weight excluding hydrogens is 204 g/mol. The van der Waals surface area contributed by atoms with Crippen LogP contribution in [0.15, 0.2) is 23.0 Å². The van der Waals surface area contributed by atoms with Crippen LogP contribution in [0.1, 0.15) is 37.7 Å². The third-order valence-corrected chi connectivity index (χ3v) is 3.55. The summed E-state index contributed by atoms with van der Waals surface area (Å²) in [4.78, 5) is 0. The second kappa shape index (κ2) is 5.51. The zero-order valence-electron chi connectivity index (χ0n) is 9.51. The highest BCUT2D eigenvalue weighted by molar-refractivity contribution is 5.07. The van der Waals surface area contributed by atoms with Crippen LogP contribution in [0.3, 0.4) is 0 Å². The van der Waals surface area contributed by atoms with Gasteiger partial charge in [0, 0.05) is 6.42 Å². The molecule has 3 heteroatoms. The fourth-order valence-electron chi connectivity index (χ4n) is 2.56. The second-order valence-corrected chi connectivity index (χ2v) is 4.79. The van der Waals surface area contributed by atoms with Gasteiger partial charge in [-0.05, 0) is 30.4 Å². The summed E-state index contributed by atoms with van der Waals surface area (Å²) in [7, 11) is 0. The highest BCUT2D eigenvalue weighted by atomic mass is 16.3. The lowest BCUT2D eigenvalue weighted by Crippen LogP contribution is -2.35. The van der Waals surface area contributed by atoms with Crippen molar-refractivity contribution in [3.63, 3.8) is 0 Å². The van der Waals surface area contributed by atoms with Crippen molar-refractivity contribution in [1.29, 1.82) is 0 Å². The fourth-order valence-corrected chi connectivity index (χ4v) is 2.56. The third kappa shape index (κ3) is 2.86. The molecule has 90 valence electrons. The molecule has 0 radical (unpaired) electrons. The predicted octanol–water partition coefficient (Wildman–Crippen LogP) is 2.12. The highest BCUT2D eigenvalue weighted by Crippen LogP contribution is 2.28.